The lowest BCUT2D eigenvalue weighted by Gasteiger charge is -2.34. The Balaban J connectivity index is 1.45. The number of nitrogens with two attached hydrogens (primary N) is 1. The lowest BCUT2D eigenvalue weighted by atomic mass is 9.84. The van der Waals surface area contributed by atoms with Crippen molar-refractivity contribution in [1.82, 2.24) is 9.88 Å². The Hall–Kier alpha value is -3.73. The van der Waals surface area contributed by atoms with E-state index < -0.39 is 22.8 Å². The van der Waals surface area contributed by atoms with E-state index in [-0.39, 0.29) is 22.6 Å². The number of aryl methyl sites for hydroxylation is 1. The van der Waals surface area contributed by atoms with E-state index in [1.807, 2.05) is 0 Å². The predicted molar refractivity (Wildman–Crippen MR) is 142 cm³/mol. The molecule has 2 fully saturated rings. The molecule has 1 saturated heterocycles. The molecule has 3 heterocycles. The molecule has 0 radical (unpaired) electrons. The Kier molecular flexibility index (Phi) is 6.95. The number of hydrogen-bond donors (Lipinski definition) is 1. The second-order valence-electron chi connectivity index (χ2n) is 9.51. The first kappa shape index (κ1) is 25.9. The number of halogens is 2. The molecule has 38 heavy (non-hydrogen) atoms. The van der Waals surface area contributed by atoms with Crippen LogP contribution in [-0.4, -0.2) is 58.7 Å². The maximum absolute atomic E-state index is 15.2. The van der Waals surface area contributed by atoms with Crippen LogP contribution in [0.5, 0.6) is 0 Å². The SMILES string of the molecule is [C-]#[N+]c1cnc(C#Cc2ccc(F)c([C@@]3(CF)N=C(N)S[C@@]4(/C=C/C(=O)N5CCOCC5)C[C@H]43)c2)c(C)c1. The van der Waals surface area contributed by atoms with Crippen LogP contribution >= 0.6 is 11.8 Å². The third kappa shape index (κ3) is 4.78. The van der Waals surface area contributed by atoms with Crippen LogP contribution in [0.15, 0.2) is 47.6 Å². The highest BCUT2D eigenvalue weighted by atomic mass is 32.2. The average Bonchev–Trinajstić information content (AvgIpc) is 3.66. The second kappa shape index (κ2) is 10.2. The minimum atomic E-state index is -1.52. The number of carbonyl (C=O) groups is 1. The first-order chi connectivity index (χ1) is 18.3. The first-order valence-electron chi connectivity index (χ1n) is 12.1. The van der Waals surface area contributed by atoms with E-state index in [0.29, 0.717) is 49.7 Å². The van der Waals surface area contributed by atoms with Gasteiger partial charge in [-0.15, -0.1) is 0 Å². The van der Waals surface area contributed by atoms with Crippen LogP contribution in [0, 0.1) is 37.1 Å². The summed E-state index contributed by atoms with van der Waals surface area (Å²) in [5, 5.41) is 0.149. The van der Waals surface area contributed by atoms with Crippen LogP contribution in [0.3, 0.4) is 0 Å². The summed E-state index contributed by atoms with van der Waals surface area (Å²) in [6, 6.07) is 5.99. The highest BCUT2D eigenvalue weighted by Crippen LogP contribution is 2.66. The lowest BCUT2D eigenvalue weighted by molar-refractivity contribution is -0.130. The van der Waals surface area contributed by atoms with Crippen molar-refractivity contribution in [2.45, 2.75) is 23.6 Å². The number of rotatable bonds is 4. The average molecular weight is 534 g/mol. The molecule has 7 nitrogen and oxygen atoms in total. The van der Waals surface area contributed by atoms with Gasteiger partial charge in [0.05, 0.1) is 19.8 Å². The summed E-state index contributed by atoms with van der Waals surface area (Å²) in [4.78, 5) is 26.4. The number of hydrogen-bond acceptors (Lipinski definition) is 6. The third-order valence-electron chi connectivity index (χ3n) is 7.12. The van der Waals surface area contributed by atoms with E-state index in [2.05, 4.69) is 26.7 Å². The molecular weight excluding hydrogens is 508 g/mol. The number of fused-ring (bicyclic) bond motifs is 1. The van der Waals surface area contributed by atoms with E-state index in [1.165, 1.54) is 42.2 Å². The maximum Gasteiger partial charge on any atom is 0.246 e. The minimum Gasteiger partial charge on any atom is -0.378 e. The Morgan fingerprint density at radius 1 is 1.37 bits per heavy atom. The van der Waals surface area contributed by atoms with Crippen LogP contribution < -0.4 is 5.73 Å². The van der Waals surface area contributed by atoms with Crippen LogP contribution in [0.2, 0.25) is 0 Å². The Morgan fingerprint density at radius 2 is 2.16 bits per heavy atom. The number of nitrogens with zero attached hydrogens (tertiary/aromatic N) is 4. The smallest absolute Gasteiger partial charge is 0.246 e. The Labute approximate surface area is 224 Å². The van der Waals surface area contributed by atoms with Crippen molar-refractivity contribution in [3.63, 3.8) is 0 Å². The third-order valence-corrected chi connectivity index (χ3v) is 8.39. The molecule has 0 spiro atoms. The molecular formula is C28H25F2N5O2S. The Morgan fingerprint density at radius 3 is 2.87 bits per heavy atom. The number of ether oxygens (including phenoxy) is 1. The molecule has 5 rings (SSSR count). The van der Waals surface area contributed by atoms with Gasteiger partial charge in [0.25, 0.3) is 0 Å². The quantitative estimate of drug-likeness (QED) is 0.366. The minimum absolute atomic E-state index is 0.0860. The molecule has 3 atom stereocenters. The van der Waals surface area contributed by atoms with E-state index in [4.69, 9.17) is 17.0 Å². The summed E-state index contributed by atoms with van der Waals surface area (Å²) in [5.74, 6) is 4.81. The van der Waals surface area contributed by atoms with Gasteiger partial charge in [0.2, 0.25) is 11.6 Å². The maximum atomic E-state index is 15.2. The molecule has 2 aliphatic heterocycles. The Bertz CT molecular complexity index is 1450. The highest BCUT2D eigenvalue weighted by molar-refractivity contribution is 8.15. The predicted octanol–water partition coefficient (Wildman–Crippen LogP) is 3.88. The van der Waals surface area contributed by atoms with Crippen LogP contribution in [0.1, 0.15) is 28.8 Å². The van der Waals surface area contributed by atoms with Crippen molar-refractivity contribution in [3.05, 3.63) is 82.2 Å². The van der Waals surface area contributed by atoms with Gasteiger partial charge in [0, 0.05) is 47.2 Å². The summed E-state index contributed by atoms with van der Waals surface area (Å²) in [6.45, 7) is 9.98. The van der Waals surface area contributed by atoms with Crippen molar-refractivity contribution < 1.29 is 18.3 Å². The number of thioether (sulfide) groups is 1. The molecule has 1 amide bonds. The van der Waals surface area contributed by atoms with Gasteiger partial charge in [-0.05, 0) is 49.1 Å². The van der Waals surface area contributed by atoms with E-state index >= 15 is 4.39 Å². The molecule has 10 heteroatoms. The van der Waals surface area contributed by atoms with Gasteiger partial charge >= 0.3 is 0 Å². The number of pyridine rings is 1. The fourth-order valence-corrected chi connectivity index (χ4v) is 6.34. The summed E-state index contributed by atoms with van der Waals surface area (Å²) in [7, 11) is 0. The number of amides is 1. The van der Waals surface area contributed by atoms with E-state index in [9.17, 15) is 9.18 Å². The second-order valence-corrected chi connectivity index (χ2v) is 10.9. The zero-order chi connectivity index (χ0) is 26.9. The van der Waals surface area contributed by atoms with E-state index in [1.54, 1.807) is 24.0 Å². The van der Waals surface area contributed by atoms with Crippen molar-refractivity contribution in [1.29, 1.82) is 0 Å². The molecule has 1 aliphatic carbocycles. The summed E-state index contributed by atoms with van der Waals surface area (Å²) in [6.07, 6.45) is 5.23. The van der Waals surface area contributed by atoms with Gasteiger partial charge < -0.3 is 15.4 Å². The number of alkyl halides is 1. The van der Waals surface area contributed by atoms with E-state index in [0.717, 1.165) is 5.56 Å². The molecule has 2 N–H and O–H groups in total. The fraction of sp³-hybridized carbons (Fsp3) is 0.357. The van der Waals surface area contributed by atoms with Crippen molar-refractivity contribution in [2.75, 3.05) is 33.0 Å². The standard InChI is InChI=1S/C28H25F2N5O2S/c1-18-13-20(32-2)16-33-23(18)6-4-19-3-5-22(30)21(14-19)28(17-29)24-15-27(24,38-26(31)34-28)8-7-25(36)35-9-11-37-12-10-35/h3,5,7-8,13-14,16,24H,9-12,15,17H2,1H3,(H2,31,34)/b8-7+/t24-,27+,28-/m1/s1. The van der Waals surface area contributed by atoms with Gasteiger partial charge in [-0.25, -0.2) is 18.6 Å². The van der Waals surface area contributed by atoms with Crippen molar-refractivity contribution in [2.24, 2.45) is 16.6 Å². The zero-order valence-corrected chi connectivity index (χ0v) is 21.5. The monoisotopic (exact) mass is 533 g/mol. The molecule has 194 valence electrons. The fourth-order valence-electron chi connectivity index (χ4n) is 5.02. The number of benzene rings is 1. The first-order valence-corrected chi connectivity index (χ1v) is 12.9. The number of aromatic nitrogens is 1. The van der Waals surface area contributed by atoms with Gasteiger partial charge in [-0.2, -0.15) is 0 Å². The van der Waals surface area contributed by atoms with Crippen molar-refractivity contribution >= 4 is 28.5 Å². The van der Waals surface area contributed by atoms with Gasteiger partial charge in [0.1, 0.15) is 23.7 Å². The molecule has 3 aliphatic rings. The zero-order valence-electron chi connectivity index (χ0n) is 20.7. The molecule has 2 aromatic rings. The van der Waals surface area contributed by atoms with Gasteiger partial charge in [0.15, 0.2) is 5.17 Å². The van der Waals surface area contributed by atoms with Gasteiger partial charge in [-0.3, -0.25) is 9.78 Å². The largest absolute Gasteiger partial charge is 0.378 e. The molecule has 0 unspecified atom stereocenters. The molecule has 1 aromatic heterocycles. The normalized spacial score (nSPS) is 26.1. The number of amidine groups is 1. The van der Waals surface area contributed by atoms with Crippen molar-refractivity contribution in [3.8, 4) is 11.8 Å². The van der Waals surface area contributed by atoms with Gasteiger partial charge in [-0.1, -0.05) is 23.8 Å². The molecule has 1 aromatic carbocycles. The number of aliphatic imine (C=N–C) groups is 1. The molecule has 1 saturated carbocycles. The van der Waals surface area contributed by atoms with Crippen LogP contribution in [0.4, 0.5) is 14.5 Å². The highest BCUT2D eigenvalue weighted by Gasteiger charge is 2.67. The lowest BCUT2D eigenvalue weighted by Crippen LogP contribution is -2.41. The number of morpholine rings is 1. The van der Waals surface area contributed by atoms with Crippen LogP contribution in [0.25, 0.3) is 4.85 Å². The summed E-state index contributed by atoms with van der Waals surface area (Å²) < 4.78 is 34.8. The number of carbonyl (C=O) groups excluding carboxylic acids is 1. The molecule has 0 bridgehead atoms. The summed E-state index contributed by atoms with van der Waals surface area (Å²) in [5.41, 5.74) is 6.86. The van der Waals surface area contributed by atoms with Crippen LogP contribution in [-0.2, 0) is 15.1 Å². The topological polar surface area (TPSA) is 85.2 Å². The summed E-state index contributed by atoms with van der Waals surface area (Å²) >= 11 is 1.29.